The summed E-state index contributed by atoms with van der Waals surface area (Å²) >= 11 is 0. The van der Waals surface area contributed by atoms with Crippen molar-refractivity contribution in [3.8, 4) is 11.3 Å². The molecule has 0 spiro atoms. The highest BCUT2D eigenvalue weighted by Gasteiger charge is 2.13. The van der Waals surface area contributed by atoms with Gasteiger partial charge >= 0.3 is 0 Å². The summed E-state index contributed by atoms with van der Waals surface area (Å²) in [6.07, 6.45) is 0. The summed E-state index contributed by atoms with van der Waals surface area (Å²) < 4.78 is 2.43. The van der Waals surface area contributed by atoms with Crippen molar-refractivity contribution in [2.75, 3.05) is 6.54 Å². The SMILES string of the molecule is Cc1ccccc1-c1ccc2n1CCNC2. The van der Waals surface area contributed by atoms with Gasteiger partial charge in [0.2, 0.25) is 0 Å². The van der Waals surface area contributed by atoms with Crippen LogP contribution in [0.1, 0.15) is 11.3 Å². The van der Waals surface area contributed by atoms with E-state index in [1.807, 2.05) is 0 Å². The third kappa shape index (κ3) is 1.46. The molecule has 1 N–H and O–H groups in total. The van der Waals surface area contributed by atoms with Crippen molar-refractivity contribution in [1.29, 1.82) is 0 Å². The fraction of sp³-hybridized carbons (Fsp3) is 0.286. The van der Waals surface area contributed by atoms with E-state index in [0.717, 1.165) is 19.6 Å². The Kier molecular flexibility index (Phi) is 2.29. The topological polar surface area (TPSA) is 17.0 Å². The van der Waals surface area contributed by atoms with Gasteiger partial charge in [0.15, 0.2) is 0 Å². The predicted molar refractivity (Wildman–Crippen MR) is 66.3 cm³/mol. The van der Waals surface area contributed by atoms with Crippen molar-refractivity contribution in [2.45, 2.75) is 20.0 Å². The molecule has 2 heteroatoms. The number of nitrogens with zero attached hydrogens (tertiary/aromatic N) is 1. The molecule has 2 aromatic rings. The number of aromatic nitrogens is 1. The maximum absolute atomic E-state index is 3.40. The number of hydrogen-bond acceptors (Lipinski definition) is 1. The second-order valence-corrected chi connectivity index (χ2v) is 4.35. The molecule has 0 unspecified atom stereocenters. The minimum absolute atomic E-state index is 0.992. The van der Waals surface area contributed by atoms with Gasteiger partial charge in [0.25, 0.3) is 0 Å². The van der Waals surface area contributed by atoms with E-state index < -0.39 is 0 Å². The van der Waals surface area contributed by atoms with E-state index in [1.165, 1.54) is 22.5 Å². The summed E-state index contributed by atoms with van der Waals surface area (Å²) in [7, 11) is 0. The van der Waals surface area contributed by atoms with E-state index in [1.54, 1.807) is 0 Å². The zero-order valence-electron chi connectivity index (χ0n) is 9.53. The van der Waals surface area contributed by atoms with Crippen LogP contribution in [0.25, 0.3) is 11.3 Å². The number of hydrogen-bond donors (Lipinski definition) is 1. The monoisotopic (exact) mass is 212 g/mol. The first-order valence-corrected chi connectivity index (χ1v) is 5.81. The molecule has 3 rings (SSSR count). The van der Waals surface area contributed by atoms with Crippen LogP contribution in [-0.4, -0.2) is 11.1 Å². The molecular weight excluding hydrogens is 196 g/mol. The Labute approximate surface area is 95.9 Å². The van der Waals surface area contributed by atoms with Crippen LogP contribution in [0, 0.1) is 6.92 Å². The van der Waals surface area contributed by atoms with Crippen LogP contribution in [-0.2, 0) is 13.1 Å². The molecular formula is C14H16N2. The molecule has 82 valence electrons. The maximum atomic E-state index is 3.40. The summed E-state index contributed by atoms with van der Waals surface area (Å²) in [5.41, 5.74) is 5.46. The number of fused-ring (bicyclic) bond motifs is 1. The molecule has 0 saturated carbocycles. The van der Waals surface area contributed by atoms with Crippen molar-refractivity contribution >= 4 is 0 Å². The Morgan fingerprint density at radius 3 is 2.88 bits per heavy atom. The first-order chi connectivity index (χ1) is 7.86. The van der Waals surface area contributed by atoms with Gasteiger partial charge in [-0.2, -0.15) is 0 Å². The average Bonchev–Trinajstić information content (AvgIpc) is 2.74. The molecule has 0 atom stereocenters. The molecule has 0 aliphatic carbocycles. The van der Waals surface area contributed by atoms with Crippen LogP contribution < -0.4 is 5.32 Å². The van der Waals surface area contributed by atoms with Crippen LogP contribution in [0.15, 0.2) is 36.4 Å². The molecule has 0 amide bonds. The van der Waals surface area contributed by atoms with Crippen molar-refractivity contribution in [1.82, 2.24) is 9.88 Å². The third-order valence-electron chi connectivity index (χ3n) is 3.31. The minimum Gasteiger partial charge on any atom is -0.342 e. The van der Waals surface area contributed by atoms with Gasteiger partial charge in [-0.15, -0.1) is 0 Å². The summed E-state index contributed by atoms with van der Waals surface area (Å²) in [5.74, 6) is 0. The molecule has 1 aromatic heterocycles. The standard InChI is InChI=1S/C14H16N2/c1-11-4-2-3-5-13(11)14-7-6-12-10-15-8-9-16(12)14/h2-7,15H,8-10H2,1H3. The molecule has 0 fully saturated rings. The first kappa shape index (κ1) is 9.67. The Hall–Kier alpha value is -1.54. The molecule has 2 heterocycles. The molecule has 1 aliphatic rings. The average molecular weight is 212 g/mol. The van der Waals surface area contributed by atoms with Gasteiger partial charge in [-0.1, -0.05) is 24.3 Å². The summed E-state index contributed by atoms with van der Waals surface area (Å²) in [6, 6.07) is 13.1. The van der Waals surface area contributed by atoms with E-state index in [2.05, 4.69) is 53.2 Å². The zero-order valence-corrected chi connectivity index (χ0v) is 9.53. The lowest BCUT2D eigenvalue weighted by Crippen LogP contribution is -2.27. The van der Waals surface area contributed by atoms with Gasteiger partial charge in [0.1, 0.15) is 0 Å². The fourth-order valence-corrected chi connectivity index (χ4v) is 2.43. The Morgan fingerprint density at radius 1 is 1.12 bits per heavy atom. The van der Waals surface area contributed by atoms with Gasteiger partial charge in [0, 0.05) is 36.6 Å². The fourth-order valence-electron chi connectivity index (χ4n) is 2.43. The third-order valence-corrected chi connectivity index (χ3v) is 3.31. The van der Waals surface area contributed by atoms with E-state index in [0.29, 0.717) is 0 Å². The Balaban J connectivity index is 2.13. The van der Waals surface area contributed by atoms with E-state index in [9.17, 15) is 0 Å². The molecule has 0 radical (unpaired) electrons. The molecule has 0 saturated heterocycles. The number of nitrogens with one attached hydrogen (secondary N) is 1. The molecule has 1 aromatic carbocycles. The second kappa shape index (κ2) is 3.80. The number of rotatable bonds is 1. The van der Waals surface area contributed by atoms with E-state index >= 15 is 0 Å². The van der Waals surface area contributed by atoms with Gasteiger partial charge in [0.05, 0.1) is 0 Å². The van der Waals surface area contributed by atoms with Crippen molar-refractivity contribution in [3.05, 3.63) is 47.7 Å². The second-order valence-electron chi connectivity index (χ2n) is 4.35. The van der Waals surface area contributed by atoms with Crippen molar-refractivity contribution in [3.63, 3.8) is 0 Å². The van der Waals surface area contributed by atoms with Gasteiger partial charge in [-0.05, 0) is 24.6 Å². The van der Waals surface area contributed by atoms with E-state index in [-0.39, 0.29) is 0 Å². The van der Waals surface area contributed by atoms with Gasteiger partial charge in [-0.25, -0.2) is 0 Å². The molecule has 1 aliphatic heterocycles. The quantitative estimate of drug-likeness (QED) is 0.768. The highest BCUT2D eigenvalue weighted by molar-refractivity contribution is 5.65. The zero-order chi connectivity index (χ0) is 11.0. The molecule has 16 heavy (non-hydrogen) atoms. The van der Waals surface area contributed by atoms with Gasteiger partial charge < -0.3 is 9.88 Å². The Morgan fingerprint density at radius 2 is 2.00 bits per heavy atom. The minimum atomic E-state index is 0.992. The van der Waals surface area contributed by atoms with Crippen LogP contribution in [0.5, 0.6) is 0 Å². The maximum Gasteiger partial charge on any atom is 0.0486 e. The first-order valence-electron chi connectivity index (χ1n) is 5.81. The van der Waals surface area contributed by atoms with Gasteiger partial charge in [-0.3, -0.25) is 0 Å². The van der Waals surface area contributed by atoms with Crippen LogP contribution >= 0.6 is 0 Å². The summed E-state index contributed by atoms with van der Waals surface area (Å²) in [6.45, 7) is 5.31. The largest absolute Gasteiger partial charge is 0.342 e. The highest BCUT2D eigenvalue weighted by Crippen LogP contribution is 2.26. The molecule has 0 bridgehead atoms. The lowest BCUT2D eigenvalue weighted by molar-refractivity contribution is 0.520. The highest BCUT2D eigenvalue weighted by atomic mass is 15.1. The lowest BCUT2D eigenvalue weighted by atomic mass is 10.1. The van der Waals surface area contributed by atoms with Crippen molar-refractivity contribution < 1.29 is 0 Å². The van der Waals surface area contributed by atoms with Crippen LogP contribution in [0.2, 0.25) is 0 Å². The van der Waals surface area contributed by atoms with Crippen molar-refractivity contribution in [2.24, 2.45) is 0 Å². The lowest BCUT2D eigenvalue weighted by Gasteiger charge is -2.19. The van der Waals surface area contributed by atoms with Crippen LogP contribution in [0.3, 0.4) is 0 Å². The normalized spacial score (nSPS) is 14.8. The summed E-state index contributed by atoms with van der Waals surface area (Å²) in [4.78, 5) is 0. The number of benzene rings is 1. The number of aryl methyl sites for hydroxylation is 1. The van der Waals surface area contributed by atoms with Crippen LogP contribution in [0.4, 0.5) is 0 Å². The smallest absolute Gasteiger partial charge is 0.0486 e. The Bertz CT molecular complexity index is 511. The molecule has 2 nitrogen and oxygen atoms in total. The summed E-state index contributed by atoms with van der Waals surface area (Å²) in [5, 5.41) is 3.40. The van der Waals surface area contributed by atoms with E-state index in [4.69, 9.17) is 0 Å². The predicted octanol–water partition coefficient (Wildman–Crippen LogP) is 2.57.